The van der Waals surface area contributed by atoms with Crippen LogP contribution in [0.5, 0.6) is 0 Å². The Balaban J connectivity index is 1.51. The predicted molar refractivity (Wildman–Crippen MR) is 148 cm³/mol. The number of amides is 1. The highest BCUT2D eigenvalue weighted by Crippen LogP contribution is 2.36. The molecule has 0 unspecified atom stereocenters. The topological polar surface area (TPSA) is 74.9 Å². The molecule has 3 aromatic carbocycles. The molecule has 1 aliphatic heterocycles. The summed E-state index contributed by atoms with van der Waals surface area (Å²) in [5, 5.41) is 9.79. The molecule has 0 atom stereocenters. The van der Waals surface area contributed by atoms with Gasteiger partial charge in [-0.25, -0.2) is 9.79 Å². The zero-order valence-corrected chi connectivity index (χ0v) is 21.3. The fourth-order valence-corrected chi connectivity index (χ4v) is 5.32. The number of para-hydroxylation sites is 2. The van der Waals surface area contributed by atoms with Crippen molar-refractivity contribution in [3.63, 3.8) is 0 Å². The summed E-state index contributed by atoms with van der Waals surface area (Å²) in [6.07, 6.45) is 1.93. The van der Waals surface area contributed by atoms with Gasteiger partial charge in [-0.05, 0) is 85.3 Å². The van der Waals surface area contributed by atoms with Crippen LogP contribution in [-0.2, 0) is 11.3 Å². The normalized spacial score (nSPS) is 15.6. The minimum atomic E-state index is -0.982. The van der Waals surface area contributed by atoms with Gasteiger partial charge in [-0.15, -0.1) is 0 Å². The number of thioether (sulfide) groups is 1. The first kappa shape index (κ1) is 24.3. The van der Waals surface area contributed by atoms with E-state index in [-0.39, 0.29) is 18.0 Å². The van der Waals surface area contributed by atoms with Crippen molar-refractivity contribution >= 4 is 40.6 Å². The quantitative estimate of drug-likeness (QED) is 0.299. The van der Waals surface area contributed by atoms with Crippen LogP contribution in [0.4, 0.5) is 5.69 Å². The van der Waals surface area contributed by atoms with Crippen LogP contribution in [0.2, 0.25) is 0 Å². The number of amidine groups is 1. The van der Waals surface area contributed by atoms with Crippen molar-refractivity contribution < 1.29 is 14.7 Å². The van der Waals surface area contributed by atoms with Gasteiger partial charge in [0.1, 0.15) is 0 Å². The molecule has 7 heteroatoms. The lowest BCUT2D eigenvalue weighted by Crippen LogP contribution is -2.28. The Morgan fingerprint density at radius 2 is 1.59 bits per heavy atom. The highest BCUT2D eigenvalue weighted by molar-refractivity contribution is 8.18. The predicted octanol–water partition coefficient (Wildman–Crippen LogP) is 6.60. The summed E-state index contributed by atoms with van der Waals surface area (Å²) < 4.78 is 2.18. The number of carbonyl (C=O) groups excluding carboxylic acids is 1. The highest BCUT2D eigenvalue weighted by Gasteiger charge is 2.34. The number of aryl methyl sites for hydroxylation is 1. The number of carboxylic acid groups (broad SMARTS) is 1. The Bertz CT molecular complexity index is 1520. The SMILES string of the molecule is Cc1cc(/C=C2/SC(=Nc3ccccc3)N(Cc3ccc(C(=O)O)cc3)C2=O)c(C)n1-c1ccccc1. The van der Waals surface area contributed by atoms with Gasteiger partial charge in [-0.2, -0.15) is 0 Å². The van der Waals surface area contributed by atoms with Gasteiger partial charge in [-0.1, -0.05) is 48.5 Å². The number of carbonyl (C=O) groups is 2. The van der Waals surface area contributed by atoms with Crippen molar-refractivity contribution in [2.45, 2.75) is 20.4 Å². The molecule has 6 nitrogen and oxygen atoms in total. The van der Waals surface area contributed by atoms with Gasteiger partial charge in [0.2, 0.25) is 0 Å². The van der Waals surface area contributed by atoms with Crippen molar-refractivity contribution in [3.8, 4) is 5.69 Å². The summed E-state index contributed by atoms with van der Waals surface area (Å²) in [6, 6.07) is 28.3. The van der Waals surface area contributed by atoms with E-state index in [1.807, 2.05) is 54.6 Å². The third-order valence-electron chi connectivity index (χ3n) is 6.18. The van der Waals surface area contributed by atoms with Gasteiger partial charge in [0, 0.05) is 17.1 Å². The molecule has 184 valence electrons. The zero-order valence-electron chi connectivity index (χ0n) is 20.5. The second-order valence-electron chi connectivity index (χ2n) is 8.73. The molecule has 37 heavy (non-hydrogen) atoms. The molecular formula is C30H25N3O3S. The second-order valence-corrected chi connectivity index (χ2v) is 9.74. The number of carboxylic acids is 1. The monoisotopic (exact) mass is 507 g/mol. The van der Waals surface area contributed by atoms with Crippen LogP contribution < -0.4 is 0 Å². The number of rotatable bonds is 6. The number of hydrogen-bond donors (Lipinski definition) is 1. The van der Waals surface area contributed by atoms with E-state index in [0.717, 1.165) is 33.9 Å². The van der Waals surface area contributed by atoms with E-state index in [9.17, 15) is 14.7 Å². The van der Waals surface area contributed by atoms with Crippen LogP contribution in [0.15, 0.2) is 101 Å². The third kappa shape index (κ3) is 5.13. The smallest absolute Gasteiger partial charge is 0.335 e. The molecule has 0 spiro atoms. The summed E-state index contributed by atoms with van der Waals surface area (Å²) in [4.78, 5) is 31.8. The van der Waals surface area contributed by atoms with Crippen molar-refractivity contribution in [2.75, 3.05) is 0 Å². The molecule has 0 radical (unpaired) electrons. The van der Waals surface area contributed by atoms with Crippen LogP contribution in [0.3, 0.4) is 0 Å². The molecule has 0 saturated carbocycles. The van der Waals surface area contributed by atoms with Crippen LogP contribution in [0.25, 0.3) is 11.8 Å². The Morgan fingerprint density at radius 3 is 2.24 bits per heavy atom. The van der Waals surface area contributed by atoms with Crippen molar-refractivity contribution in [1.82, 2.24) is 9.47 Å². The molecule has 4 aromatic rings. The number of hydrogen-bond acceptors (Lipinski definition) is 4. The number of aromatic nitrogens is 1. The average Bonchev–Trinajstić information content (AvgIpc) is 3.35. The maximum Gasteiger partial charge on any atom is 0.335 e. The number of aliphatic imine (C=N–C) groups is 1. The van der Waals surface area contributed by atoms with E-state index >= 15 is 0 Å². The Labute approximate surface area is 219 Å². The van der Waals surface area contributed by atoms with Crippen LogP contribution in [0.1, 0.15) is 32.9 Å². The molecule has 2 heterocycles. The summed E-state index contributed by atoms with van der Waals surface area (Å²) >= 11 is 1.35. The molecule has 0 bridgehead atoms. The van der Waals surface area contributed by atoms with Crippen molar-refractivity contribution in [3.05, 3.63) is 124 Å². The first-order chi connectivity index (χ1) is 17.9. The molecule has 1 amide bonds. The largest absolute Gasteiger partial charge is 0.478 e. The molecule has 1 saturated heterocycles. The van der Waals surface area contributed by atoms with Crippen LogP contribution >= 0.6 is 11.8 Å². The molecule has 5 rings (SSSR count). The molecule has 1 aliphatic rings. The van der Waals surface area contributed by atoms with E-state index in [1.54, 1.807) is 29.2 Å². The highest BCUT2D eigenvalue weighted by atomic mass is 32.2. The lowest BCUT2D eigenvalue weighted by molar-refractivity contribution is -0.122. The Morgan fingerprint density at radius 1 is 0.946 bits per heavy atom. The van der Waals surface area contributed by atoms with Gasteiger partial charge >= 0.3 is 5.97 Å². The summed E-state index contributed by atoms with van der Waals surface area (Å²) in [6.45, 7) is 4.40. The van der Waals surface area contributed by atoms with E-state index in [4.69, 9.17) is 4.99 Å². The Kier molecular flexibility index (Phi) is 6.79. The lowest BCUT2D eigenvalue weighted by atomic mass is 10.1. The van der Waals surface area contributed by atoms with Crippen molar-refractivity contribution in [1.29, 1.82) is 0 Å². The van der Waals surface area contributed by atoms with E-state index < -0.39 is 5.97 Å². The van der Waals surface area contributed by atoms with Gasteiger partial charge in [0.25, 0.3) is 5.91 Å². The number of aromatic carboxylic acids is 1. The molecular weight excluding hydrogens is 482 g/mol. The van der Waals surface area contributed by atoms with E-state index in [2.05, 4.69) is 36.6 Å². The minimum absolute atomic E-state index is 0.133. The van der Waals surface area contributed by atoms with Gasteiger partial charge < -0.3 is 9.67 Å². The van der Waals surface area contributed by atoms with Gasteiger partial charge in [0.05, 0.1) is 22.7 Å². The number of benzene rings is 3. The number of nitrogens with zero attached hydrogens (tertiary/aromatic N) is 3. The Hall–Kier alpha value is -4.36. The standard InChI is InChI=1S/C30H25N3O3S/c1-20-17-24(21(2)33(20)26-11-7-4-8-12-26)18-27-28(34)32(19-22-13-15-23(16-14-22)29(35)36)30(37-27)31-25-9-5-3-6-10-25/h3-18H,19H2,1-2H3,(H,35,36)/b27-18+,31-30?. The zero-order chi connectivity index (χ0) is 25.9. The van der Waals surface area contributed by atoms with E-state index in [1.165, 1.54) is 11.8 Å². The second kappa shape index (κ2) is 10.3. The maximum absolute atomic E-state index is 13.6. The molecule has 1 N–H and O–H groups in total. The average molecular weight is 508 g/mol. The van der Waals surface area contributed by atoms with Gasteiger partial charge in [-0.3, -0.25) is 9.69 Å². The minimum Gasteiger partial charge on any atom is -0.478 e. The van der Waals surface area contributed by atoms with Gasteiger partial charge in [0.15, 0.2) is 5.17 Å². The fraction of sp³-hybridized carbons (Fsp3) is 0.100. The summed E-state index contributed by atoms with van der Waals surface area (Å²) in [5.74, 6) is -1.12. The summed E-state index contributed by atoms with van der Waals surface area (Å²) in [5.41, 5.74) is 5.97. The van der Waals surface area contributed by atoms with Crippen LogP contribution in [-0.4, -0.2) is 31.6 Å². The third-order valence-corrected chi connectivity index (χ3v) is 7.19. The first-order valence-corrected chi connectivity index (χ1v) is 12.6. The maximum atomic E-state index is 13.6. The van der Waals surface area contributed by atoms with Crippen LogP contribution in [0, 0.1) is 13.8 Å². The summed E-state index contributed by atoms with van der Waals surface area (Å²) in [7, 11) is 0. The fourth-order valence-electron chi connectivity index (χ4n) is 4.33. The molecule has 1 aromatic heterocycles. The van der Waals surface area contributed by atoms with Crippen molar-refractivity contribution in [2.24, 2.45) is 4.99 Å². The molecule has 0 aliphatic carbocycles. The lowest BCUT2D eigenvalue weighted by Gasteiger charge is -2.16. The van der Waals surface area contributed by atoms with E-state index in [0.29, 0.717) is 10.1 Å². The molecule has 1 fully saturated rings. The first-order valence-electron chi connectivity index (χ1n) is 11.8.